The van der Waals surface area contributed by atoms with Gasteiger partial charge in [0, 0.05) is 6.54 Å². The zero-order chi connectivity index (χ0) is 14.0. The van der Waals surface area contributed by atoms with E-state index in [4.69, 9.17) is 0 Å². The summed E-state index contributed by atoms with van der Waals surface area (Å²) in [4.78, 5) is 26.8. The van der Waals surface area contributed by atoms with Crippen LogP contribution in [0.1, 0.15) is 59.3 Å². The van der Waals surface area contributed by atoms with Gasteiger partial charge in [0.05, 0.1) is 0 Å². The Labute approximate surface area is 115 Å². The molecule has 1 aliphatic carbocycles. The van der Waals surface area contributed by atoms with E-state index >= 15 is 0 Å². The molecule has 1 saturated heterocycles. The van der Waals surface area contributed by atoms with E-state index in [2.05, 4.69) is 5.32 Å². The molecule has 2 amide bonds. The Balaban J connectivity index is 2.20. The molecule has 19 heavy (non-hydrogen) atoms. The van der Waals surface area contributed by atoms with Gasteiger partial charge in [-0.3, -0.25) is 9.59 Å². The van der Waals surface area contributed by atoms with Gasteiger partial charge < -0.3 is 10.2 Å². The van der Waals surface area contributed by atoms with Crippen molar-refractivity contribution in [3.63, 3.8) is 0 Å². The van der Waals surface area contributed by atoms with Gasteiger partial charge in [-0.15, -0.1) is 0 Å². The van der Waals surface area contributed by atoms with Gasteiger partial charge >= 0.3 is 0 Å². The number of piperazine rings is 1. The molecule has 2 atom stereocenters. The highest BCUT2D eigenvalue weighted by Crippen LogP contribution is 2.31. The number of rotatable bonds is 4. The summed E-state index contributed by atoms with van der Waals surface area (Å²) in [5.41, 5.74) is -0.661. The molecule has 0 bridgehead atoms. The molecule has 1 N–H and O–H groups in total. The number of nitrogens with one attached hydrogen (secondary N) is 1. The van der Waals surface area contributed by atoms with Gasteiger partial charge in [0.25, 0.3) is 0 Å². The van der Waals surface area contributed by atoms with Crippen molar-refractivity contribution >= 4 is 11.8 Å². The van der Waals surface area contributed by atoms with Crippen molar-refractivity contribution in [2.24, 2.45) is 5.92 Å². The van der Waals surface area contributed by atoms with Gasteiger partial charge in [-0.2, -0.15) is 0 Å². The third kappa shape index (κ3) is 2.49. The van der Waals surface area contributed by atoms with Crippen LogP contribution in [0.25, 0.3) is 0 Å². The van der Waals surface area contributed by atoms with Crippen LogP contribution >= 0.6 is 0 Å². The number of carbonyl (C=O) groups excluding carboxylic acids is 2. The molecule has 2 aliphatic rings. The fourth-order valence-electron chi connectivity index (χ4n) is 3.30. The molecule has 1 heterocycles. The highest BCUT2D eigenvalue weighted by atomic mass is 16.2. The van der Waals surface area contributed by atoms with Gasteiger partial charge in [0.1, 0.15) is 11.6 Å². The van der Waals surface area contributed by atoms with Crippen LogP contribution in [0.4, 0.5) is 0 Å². The molecule has 2 unspecified atom stereocenters. The lowest BCUT2D eigenvalue weighted by molar-refractivity contribution is -0.157. The van der Waals surface area contributed by atoms with E-state index in [1.165, 1.54) is 25.7 Å². The van der Waals surface area contributed by atoms with Crippen LogP contribution in [0, 0.1) is 5.92 Å². The Bertz CT molecular complexity index is 363. The highest BCUT2D eigenvalue weighted by Gasteiger charge is 2.48. The lowest BCUT2D eigenvalue weighted by atomic mass is 9.88. The first kappa shape index (κ1) is 14.4. The second-order valence-electron chi connectivity index (χ2n) is 6.16. The summed E-state index contributed by atoms with van der Waals surface area (Å²) in [6, 6.07) is -0.325. The van der Waals surface area contributed by atoms with E-state index in [0.717, 1.165) is 6.54 Å². The summed E-state index contributed by atoms with van der Waals surface area (Å²) in [7, 11) is 0. The molecule has 4 heteroatoms. The number of nitrogens with zero attached hydrogens (tertiary/aromatic N) is 1. The van der Waals surface area contributed by atoms with Gasteiger partial charge in [0.15, 0.2) is 0 Å². The fourth-order valence-corrected chi connectivity index (χ4v) is 3.30. The third-order valence-corrected chi connectivity index (χ3v) is 4.97. The molecular weight excluding hydrogens is 240 g/mol. The minimum Gasteiger partial charge on any atom is -0.342 e. The van der Waals surface area contributed by atoms with E-state index in [1.807, 2.05) is 25.7 Å². The third-order valence-electron chi connectivity index (χ3n) is 4.97. The van der Waals surface area contributed by atoms with Gasteiger partial charge in [-0.05, 0) is 38.5 Å². The maximum Gasteiger partial charge on any atom is 0.246 e. The first-order valence-electron chi connectivity index (χ1n) is 7.65. The lowest BCUT2D eigenvalue weighted by Gasteiger charge is -2.46. The second kappa shape index (κ2) is 5.51. The molecule has 0 spiro atoms. The molecule has 1 aliphatic heterocycles. The van der Waals surface area contributed by atoms with Crippen molar-refractivity contribution in [2.75, 3.05) is 6.54 Å². The molecule has 2 rings (SSSR count). The number of hydrogen-bond acceptors (Lipinski definition) is 2. The quantitative estimate of drug-likeness (QED) is 0.847. The van der Waals surface area contributed by atoms with Gasteiger partial charge in [0.2, 0.25) is 11.8 Å². The summed E-state index contributed by atoms with van der Waals surface area (Å²) in [5, 5.41) is 2.88. The topological polar surface area (TPSA) is 49.4 Å². The van der Waals surface area contributed by atoms with Crippen LogP contribution < -0.4 is 5.32 Å². The molecule has 4 nitrogen and oxygen atoms in total. The van der Waals surface area contributed by atoms with Crippen LogP contribution in [-0.2, 0) is 9.59 Å². The zero-order valence-corrected chi connectivity index (χ0v) is 12.4. The summed E-state index contributed by atoms with van der Waals surface area (Å²) in [6.07, 6.45) is 6.26. The van der Waals surface area contributed by atoms with Crippen molar-refractivity contribution in [3.8, 4) is 0 Å². The van der Waals surface area contributed by atoms with Crippen LogP contribution in [0.3, 0.4) is 0 Å². The average molecular weight is 266 g/mol. The average Bonchev–Trinajstić information content (AvgIpc) is 2.92. The highest BCUT2D eigenvalue weighted by molar-refractivity contribution is 5.99. The monoisotopic (exact) mass is 266 g/mol. The summed E-state index contributed by atoms with van der Waals surface area (Å²) >= 11 is 0. The van der Waals surface area contributed by atoms with E-state index < -0.39 is 5.54 Å². The zero-order valence-electron chi connectivity index (χ0n) is 12.4. The Kier molecular flexibility index (Phi) is 4.16. The number of amides is 2. The van der Waals surface area contributed by atoms with Crippen LogP contribution in [0.15, 0.2) is 0 Å². The number of carbonyl (C=O) groups is 2. The molecule has 0 aromatic carbocycles. The number of hydrogen-bond donors (Lipinski definition) is 1. The van der Waals surface area contributed by atoms with Crippen molar-refractivity contribution in [2.45, 2.75) is 70.9 Å². The SMILES string of the molecule is CCC1NC(=O)C(C)(CC)N(CC2CCCC2)C1=O. The normalized spacial score (nSPS) is 32.8. The standard InChI is InChI=1S/C15H26N2O2/c1-4-12-13(18)17(10-11-8-6-7-9-11)15(3,5-2)14(19)16-12/h11-12H,4-10H2,1-3H3,(H,16,19). The molecule has 2 fully saturated rings. The maximum atomic E-state index is 12.6. The minimum absolute atomic E-state index is 0.0134. The van der Waals surface area contributed by atoms with Crippen molar-refractivity contribution < 1.29 is 9.59 Å². The van der Waals surface area contributed by atoms with Crippen LogP contribution in [-0.4, -0.2) is 34.8 Å². The Morgan fingerprint density at radius 1 is 1.26 bits per heavy atom. The Morgan fingerprint density at radius 2 is 1.89 bits per heavy atom. The fraction of sp³-hybridized carbons (Fsp3) is 0.867. The molecule has 0 radical (unpaired) electrons. The molecule has 0 aromatic heterocycles. The van der Waals surface area contributed by atoms with E-state index in [0.29, 0.717) is 18.8 Å². The molecule has 0 aromatic rings. The second-order valence-corrected chi connectivity index (χ2v) is 6.16. The molecular formula is C15H26N2O2. The van der Waals surface area contributed by atoms with Crippen molar-refractivity contribution in [1.29, 1.82) is 0 Å². The summed E-state index contributed by atoms with van der Waals surface area (Å²) in [5.74, 6) is 0.705. The van der Waals surface area contributed by atoms with Crippen molar-refractivity contribution in [1.82, 2.24) is 10.2 Å². The molecule has 108 valence electrons. The minimum atomic E-state index is -0.661. The smallest absolute Gasteiger partial charge is 0.246 e. The first-order chi connectivity index (χ1) is 9.02. The lowest BCUT2D eigenvalue weighted by Crippen LogP contribution is -2.69. The van der Waals surface area contributed by atoms with E-state index in [1.54, 1.807) is 0 Å². The van der Waals surface area contributed by atoms with Crippen molar-refractivity contribution in [3.05, 3.63) is 0 Å². The van der Waals surface area contributed by atoms with E-state index in [-0.39, 0.29) is 17.9 Å². The summed E-state index contributed by atoms with van der Waals surface area (Å²) < 4.78 is 0. The Morgan fingerprint density at radius 3 is 2.42 bits per heavy atom. The molecule has 1 saturated carbocycles. The predicted octanol–water partition coefficient (Wildman–Crippen LogP) is 2.08. The van der Waals surface area contributed by atoms with E-state index in [9.17, 15) is 9.59 Å². The largest absolute Gasteiger partial charge is 0.342 e. The van der Waals surface area contributed by atoms with Crippen LogP contribution in [0.5, 0.6) is 0 Å². The van der Waals surface area contributed by atoms with Gasteiger partial charge in [-0.25, -0.2) is 0 Å². The Hall–Kier alpha value is -1.06. The van der Waals surface area contributed by atoms with Crippen LogP contribution in [0.2, 0.25) is 0 Å². The first-order valence-corrected chi connectivity index (χ1v) is 7.65. The van der Waals surface area contributed by atoms with Gasteiger partial charge in [-0.1, -0.05) is 26.7 Å². The summed E-state index contributed by atoms with van der Waals surface area (Å²) in [6.45, 7) is 6.60. The maximum absolute atomic E-state index is 12.6. The predicted molar refractivity (Wildman–Crippen MR) is 74.6 cm³/mol.